The molecule has 0 spiro atoms. The van der Waals surface area contributed by atoms with E-state index < -0.39 is 0 Å². The monoisotopic (exact) mass is 413 g/mol. The molecule has 0 fully saturated rings. The van der Waals surface area contributed by atoms with Crippen molar-refractivity contribution in [3.05, 3.63) is 105 Å². The molecular formula is C26H23NO4. The van der Waals surface area contributed by atoms with Crippen LogP contribution in [0.5, 0.6) is 11.5 Å². The van der Waals surface area contributed by atoms with Crippen molar-refractivity contribution in [2.45, 2.75) is 13.5 Å². The average Bonchev–Trinajstić information content (AvgIpc) is 2.80. The van der Waals surface area contributed by atoms with Crippen LogP contribution in [0.25, 0.3) is 10.9 Å². The summed E-state index contributed by atoms with van der Waals surface area (Å²) in [4.78, 5) is 26.5. The summed E-state index contributed by atoms with van der Waals surface area (Å²) < 4.78 is 12.6. The molecule has 1 aromatic heterocycles. The second-order valence-electron chi connectivity index (χ2n) is 7.43. The summed E-state index contributed by atoms with van der Waals surface area (Å²) in [6.45, 7) is 2.44. The summed E-state index contributed by atoms with van der Waals surface area (Å²) in [7, 11) is 3.18. The van der Waals surface area contributed by atoms with Crippen molar-refractivity contribution in [3.63, 3.8) is 0 Å². The molecule has 5 heteroatoms. The molecule has 0 saturated heterocycles. The van der Waals surface area contributed by atoms with Crippen LogP contribution < -0.4 is 14.9 Å². The highest BCUT2D eigenvalue weighted by molar-refractivity contribution is 6.10. The van der Waals surface area contributed by atoms with Gasteiger partial charge in [-0.05, 0) is 42.8 Å². The molecule has 4 rings (SSSR count). The van der Waals surface area contributed by atoms with Gasteiger partial charge >= 0.3 is 0 Å². The summed E-state index contributed by atoms with van der Waals surface area (Å²) >= 11 is 0. The van der Waals surface area contributed by atoms with Gasteiger partial charge in [0.2, 0.25) is 5.43 Å². The first-order chi connectivity index (χ1) is 15.0. The Bertz CT molecular complexity index is 1320. The van der Waals surface area contributed by atoms with Gasteiger partial charge in [-0.1, -0.05) is 42.0 Å². The van der Waals surface area contributed by atoms with Crippen molar-refractivity contribution < 1.29 is 14.3 Å². The highest BCUT2D eigenvalue weighted by Crippen LogP contribution is 2.22. The van der Waals surface area contributed by atoms with Gasteiger partial charge in [0.05, 0.1) is 30.7 Å². The van der Waals surface area contributed by atoms with Gasteiger partial charge in [0.15, 0.2) is 5.78 Å². The standard InChI is InChI=1S/C26H23NO4/c1-17-7-9-19(10-8-17)25(28)23-16-27(15-18-5-4-6-20(13-18)30-2)24-12-11-21(31-3)14-22(24)26(23)29/h4-14,16H,15H2,1-3H3. The third kappa shape index (κ3) is 4.08. The second kappa shape index (κ2) is 8.48. The van der Waals surface area contributed by atoms with Crippen LogP contribution in [0.4, 0.5) is 0 Å². The Morgan fingerprint density at radius 3 is 2.32 bits per heavy atom. The quantitative estimate of drug-likeness (QED) is 0.433. The molecule has 4 aromatic rings. The molecule has 0 saturated carbocycles. The predicted molar refractivity (Wildman–Crippen MR) is 121 cm³/mol. The molecule has 3 aromatic carbocycles. The third-order valence-corrected chi connectivity index (χ3v) is 5.33. The van der Waals surface area contributed by atoms with Gasteiger partial charge in [0, 0.05) is 18.3 Å². The molecule has 0 bridgehead atoms. The average molecular weight is 413 g/mol. The van der Waals surface area contributed by atoms with Crippen molar-refractivity contribution >= 4 is 16.7 Å². The minimum absolute atomic E-state index is 0.132. The van der Waals surface area contributed by atoms with Crippen LogP contribution in [0.3, 0.4) is 0 Å². The van der Waals surface area contributed by atoms with Gasteiger partial charge in [0.25, 0.3) is 0 Å². The van der Waals surface area contributed by atoms with Crippen LogP contribution in [0, 0.1) is 6.92 Å². The molecule has 0 N–H and O–H groups in total. The Labute approximate surface area is 180 Å². The molecule has 0 aliphatic heterocycles. The molecule has 0 aliphatic rings. The summed E-state index contributed by atoms with van der Waals surface area (Å²) in [6.07, 6.45) is 1.65. The number of pyridine rings is 1. The maximum absolute atomic E-state index is 13.3. The number of hydrogen-bond donors (Lipinski definition) is 0. The van der Waals surface area contributed by atoms with Crippen molar-refractivity contribution in [3.8, 4) is 11.5 Å². The molecule has 0 unspecified atom stereocenters. The Balaban J connectivity index is 1.89. The number of fused-ring (bicyclic) bond motifs is 1. The number of benzene rings is 3. The van der Waals surface area contributed by atoms with E-state index in [0.29, 0.717) is 23.2 Å². The summed E-state index contributed by atoms with van der Waals surface area (Å²) in [5.41, 5.74) is 3.09. The van der Waals surface area contributed by atoms with Gasteiger partial charge in [-0.3, -0.25) is 9.59 Å². The number of nitrogens with zero attached hydrogens (tertiary/aromatic N) is 1. The number of rotatable bonds is 6. The first-order valence-corrected chi connectivity index (χ1v) is 9.95. The van der Waals surface area contributed by atoms with E-state index in [1.807, 2.05) is 60.0 Å². The Morgan fingerprint density at radius 2 is 1.61 bits per heavy atom. The topological polar surface area (TPSA) is 57.5 Å². The number of ketones is 1. The van der Waals surface area contributed by atoms with E-state index in [0.717, 1.165) is 22.4 Å². The van der Waals surface area contributed by atoms with Crippen LogP contribution >= 0.6 is 0 Å². The lowest BCUT2D eigenvalue weighted by atomic mass is 10.0. The van der Waals surface area contributed by atoms with Crippen molar-refractivity contribution in [2.24, 2.45) is 0 Å². The number of carbonyl (C=O) groups excluding carboxylic acids is 1. The minimum atomic E-state index is -0.304. The Kier molecular flexibility index (Phi) is 5.58. The van der Waals surface area contributed by atoms with Crippen LogP contribution in [0.1, 0.15) is 27.0 Å². The molecule has 0 atom stereocenters. The van der Waals surface area contributed by atoms with E-state index in [1.165, 1.54) is 0 Å². The van der Waals surface area contributed by atoms with E-state index in [9.17, 15) is 9.59 Å². The van der Waals surface area contributed by atoms with Gasteiger partial charge in [-0.2, -0.15) is 0 Å². The first kappa shape index (κ1) is 20.4. The number of aromatic nitrogens is 1. The lowest BCUT2D eigenvalue weighted by Gasteiger charge is -2.15. The number of carbonyl (C=O) groups is 1. The molecule has 0 radical (unpaired) electrons. The molecule has 0 amide bonds. The van der Waals surface area contributed by atoms with Gasteiger partial charge in [-0.25, -0.2) is 0 Å². The van der Waals surface area contributed by atoms with Gasteiger partial charge in [0.1, 0.15) is 11.5 Å². The molecule has 31 heavy (non-hydrogen) atoms. The number of hydrogen-bond acceptors (Lipinski definition) is 4. The summed E-state index contributed by atoms with van der Waals surface area (Å²) in [6, 6.07) is 20.3. The Hall–Kier alpha value is -3.86. The van der Waals surface area contributed by atoms with Crippen LogP contribution in [0.15, 0.2) is 77.7 Å². The maximum Gasteiger partial charge on any atom is 0.200 e. The molecule has 1 heterocycles. The SMILES string of the molecule is COc1cccc(Cn2cc(C(=O)c3ccc(C)cc3)c(=O)c3cc(OC)ccc32)c1. The number of ether oxygens (including phenoxy) is 2. The fourth-order valence-corrected chi connectivity index (χ4v) is 3.62. The highest BCUT2D eigenvalue weighted by Gasteiger charge is 2.18. The van der Waals surface area contributed by atoms with Crippen LogP contribution in [0.2, 0.25) is 0 Å². The van der Waals surface area contributed by atoms with Gasteiger partial charge < -0.3 is 14.0 Å². The fourth-order valence-electron chi connectivity index (χ4n) is 3.62. The molecular weight excluding hydrogens is 390 g/mol. The van der Waals surface area contributed by atoms with Gasteiger partial charge in [-0.15, -0.1) is 0 Å². The van der Waals surface area contributed by atoms with E-state index in [4.69, 9.17) is 9.47 Å². The van der Waals surface area contributed by atoms with Crippen LogP contribution in [-0.2, 0) is 6.54 Å². The van der Waals surface area contributed by atoms with Crippen molar-refractivity contribution in [1.29, 1.82) is 0 Å². The molecule has 156 valence electrons. The maximum atomic E-state index is 13.3. The van der Waals surface area contributed by atoms with E-state index in [1.54, 1.807) is 38.6 Å². The minimum Gasteiger partial charge on any atom is -0.497 e. The lowest BCUT2D eigenvalue weighted by Crippen LogP contribution is -2.20. The summed E-state index contributed by atoms with van der Waals surface area (Å²) in [5.74, 6) is 1.02. The number of aryl methyl sites for hydroxylation is 1. The highest BCUT2D eigenvalue weighted by atomic mass is 16.5. The zero-order valence-corrected chi connectivity index (χ0v) is 17.7. The zero-order valence-electron chi connectivity index (χ0n) is 17.7. The van der Waals surface area contributed by atoms with E-state index >= 15 is 0 Å². The summed E-state index contributed by atoms with van der Waals surface area (Å²) in [5, 5.41) is 0.445. The molecule has 5 nitrogen and oxygen atoms in total. The van der Waals surface area contributed by atoms with Crippen molar-refractivity contribution in [2.75, 3.05) is 14.2 Å². The largest absolute Gasteiger partial charge is 0.497 e. The smallest absolute Gasteiger partial charge is 0.200 e. The number of methoxy groups -OCH3 is 2. The fraction of sp³-hybridized carbons (Fsp3) is 0.154. The van der Waals surface area contributed by atoms with E-state index in [2.05, 4.69) is 0 Å². The zero-order chi connectivity index (χ0) is 22.0. The van der Waals surface area contributed by atoms with E-state index in [-0.39, 0.29) is 16.8 Å². The molecule has 0 aliphatic carbocycles. The third-order valence-electron chi connectivity index (χ3n) is 5.33. The first-order valence-electron chi connectivity index (χ1n) is 9.95. The second-order valence-corrected chi connectivity index (χ2v) is 7.43. The van der Waals surface area contributed by atoms with Crippen LogP contribution in [-0.4, -0.2) is 24.6 Å². The Morgan fingerprint density at radius 1 is 0.903 bits per heavy atom. The normalized spacial score (nSPS) is 10.8. The lowest BCUT2D eigenvalue weighted by molar-refractivity contribution is 0.103. The predicted octanol–water partition coefficient (Wildman–Crippen LogP) is 4.61. The van der Waals surface area contributed by atoms with Crippen molar-refractivity contribution in [1.82, 2.24) is 4.57 Å².